The maximum atomic E-state index is 11.9. The van der Waals surface area contributed by atoms with E-state index in [1.54, 1.807) is 0 Å². The molecular formula is C13H20N2O5. The van der Waals surface area contributed by atoms with Crippen LogP contribution in [0.2, 0.25) is 0 Å². The molecule has 20 heavy (non-hydrogen) atoms. The Morgan fingerprint density at radius 3 is 2.60 bits per heavy atom. The molecule has 2 heterocycles. The second-order valence-corrected chi connectivity index (χ2v) is 6.07. The van der Waals surface area contributed by atoms with Crippen LogP contribution in [0.5, 0.6) is 0 Å². The van der Waals surface area contributed by atoms with Crippen LogP contribution in [-0.2, 0) is 10.2 Å². The van der Waals surface area contributed by atoms with E-state index in [4.69, 9.17) is 9.84 Å². The molecular weight excluding hydrogens is 264 g/mol. The highest BCUT2D eigenvalue weighted by Gasteiger charge is 2.35. The van der Waals surface area contributed by atoms with Crippen molar-refractivity contribution in [1.82, 2.24) is 9.55 Å². The third-order valence-corrected chi connectivity index (χ3v) is 3.47. The lowest BCUT2D eigenvalue weighted by atomic mass is 9.89. The molecule has 1 aliphatic rings. The van der Waals surface area contributed by atoms with Gasteiger partial charge in [0.15, 0.2) is 0 Å². The SMILES string of the molecule is CC(C)(C)c1cn([C@H]2C[C@@H](O)[C@@H](CO)O2)c(=O)[nH]c1=O. The van der Waals surface area contributed by atoms with E-state index in [2.05, 4.69) is 4.98 Å². The van der Waals surface area contributed by atoms with E-state index in [-0.39, 0.29) is 13.0 Å². The molecule has 112 valence electrons. The van der Waals surface area contributed by atoms with Gasteiger partial charge >= 0.3 is 5.69 Å². The van der Waals surface area contributed by atoms with Crippen LogP contribution < -0.4 is 11.2 Å². The fourth-order valence-corrected chi connectivity index (χ4v) is 2.28. The summed E-state index contributed by atoms with van der Waals surface area (Å²) in [6.45, 7) is 5.29. The van der Waals surface area contributed by atoms with Crippen molar-refractivity contribution in [2.75, 3.05) is 6.61 Å². The average molecular weight is 284 g/mol. The smallest absolute Gasteiger partial charge is 0.330 e. The zero-order chi connectivity index (χ0) is 15.1. The van der Waals surface area contributed by atoms with E-state index in [1.807, 2.05) is 20.8 Å². The maximum Gasteiger partial charge on any atom is 0.330 e. The van der Waals surface area contributed by atoms with Gasteiger partial charge < -0.3 is 14.9 Å². The molecule has 1 fully saturated rings. The minimum absolute atomic E-state index is 0.195. The van der Waals surface area contributed by atoms with Crippen molar-refractivity contribution in [2.45, 2.75) is 51.0 Å². The molecule has 0 aliphatic carbocycles. The van der Waals surface area contributed by atoms with Gasteiger partial charge in [-0.1, -0.05) is 20.8 Å². The third kappa shape index (κ3) is 2.70. The van der Waals surface area contributed by atoms with E-state index in [1.165, 1.54) is 10.8 Å². The number of aromatic nitrogens is 2. The van der Waals surface area contributed by atoms with Crippen LogP contribution >= 0.6 is 0 Å². The van der Waals surface area contributed by atoms with Crippen molar-refractivity contribution in [3.8, 4) is 0 Å². The van der Waals surface area contributed by atoms with Gasteiger partial charge in [-0.25, -0.2) is 4.79 Å². The monoisotopic (exact) mass is 284 g/mol. The lowest BCUT2D eigenvalue weighted by molar-refractivity contribution is -0.0460. The number of H-pyrrole nitrogens is 1. The van der Waals surface area contributed by atoms with E-state index >= 15 is 0 Å². The molecule has 7 nitrogen and oxygen atoms in total. The summed E-state index contributed by atoms with van der Waals surface area (Å²) in [5.74, 6) is 0. The Kier molecular flexibility index (Phi) is 3.86. The first-order valence-corrected chi connectivity index (χ1v) is 6.54. The first kappa shape index (κ1) is 15.0. The van der Waals surface area contributed by atoms with Crippen LogP contribution in [0.1, 0.15) is 39.0 Å². The molecule has 0 unspecified atom stereocenters. The molecule has 1 aromatic heterocycles. The van der Waals surface area contributed by atoms with Crippen molar-refractivity contribution in [3.63, 3.8) is 0 Å². The fourth-order valence-electron chi connectivity index (χ4n) is 2.28. The number of aliphatic hydroxyl groups excluding tert-OH is 2. The highest BCUT2D eigenvalue weighted by molar-refractivity contribution is 5.15. The molecule has 0 spiro atoms. The second kappa shape index (κ2) is 5.16. The number of aromatic amines is 1. The standard InChI is InChI=1S/C13H20N2O5/c1-13(2,3)7-5-15(12(19)14-11(7)18)10-4-8(17)9(6-16)20-10/h5,8-10,16-17H,4,6H2,1-3H3,(H,14,18,19)/t8-,9-,10-/m1/s1. The van der Waals surface area contributed by atoms with Crippen molar-refractivity contribution in [3.05, 3.63) is 32.6 Å². The third-order valence-electron chi connectivity index (χ3n) is 3.47. The Bertz CT molecular complexity index is 598. The average Bonchev–Trinajstić information content (AvgIpc) is 2.68. The van der Waals surface area contributed by atoms with Crippen LogP contribution in [0.25, 0.3) is 0 Å². The number of rotatable bonds is 2. The van der Waals surface area contributed by atoms with Gasteiger partial charge in [-0.2, -0.15) is 0 Å². The second-order valence-electron chi connectivity index (χ2n) is 6.07. The largest absolute Gasteiger partial charge is 0.394 e. The van der Waals surface area contributed by atoms with Crippen molar-refractivity contribution < 1.29 is 14.9 Å². The number of nitrogens with zero attached hydrogens (tertiary/aromatic N) is 1. The van der Waals surface area contributed by atoms with Gasteiger partial charge in [-0.05, 0) is 5.41 Å². The summed E-state index contributed by atoms with van der Waals surface area (Å²) < 4.78 is 6.70. The molecule has 3 atom stereocenters. The molecule has 2 rings (SSSR count). The fraction of sp³-hybridized carbons (Fsp3) is 0.692. The highest BCUT2D eigenvalue weighted by atomic mass is 16.5. The summed E-state index contributed by atoms with van der Waals surface area (Å²) >= 11 is 0. The van der Waals surface area contributed by atoms with Gasteiger partial charge in [0.25, 0.3) is 5.56 Å². The minimum atomic E-state index is -0.832. The zero-order valence-corrected chi connectivity index (χ0v) is 11.8. The van der Waals surface area contributed by atoms with Gasteiger partial charge in [-0.15, -0.1) is 0 Å². The molecule has 0 bridgehead atoms. The number of nitrogens with one attached hydrogen (secondary N) is 1. The predicted molar refractivity (Wildman–Crippen MR) is 71.6 cm³/mol. The van der Waals surface area contributed by atoms with Crippen LogP contribution in [0, 0.1) is 0 Å². The number of hydrogen-bond donors (Lipinski definition) is 3. The normalized spacial score (nSPS) is 26.9. The summed E-state index contributed by atoms with van der Waals surface area (Å²) in [5.41, 5.74) is -0.964. The van der Waals surface area contributed by atoms with Gasteiger partial charge in [-0.3, -0.25) is 14.3 Å². The van der Waals surface area contributed by atoms with Crippen LogP contribution in [0.4, 0.5) is 0 Å². The Hall–Kier alpha value is -1.44. The summed E-state index contributed by atoms with van der Waals surface area (Å²) in [7, 11) is 0. The molecule has 0 radical (unpaired) electrons. The van der Waals surface area contributed by atoms with Gasteiger partial charge in [0.2, 0.25) is 0 Å². The Balaban J connectivity index is 2.43. The molecule has 7 heteroatoms. The Morgan fingerprint density at radius 2 is 2.10 bits per heavy atom. The van der Waals surface area contributed by atoms with Crippen molar-refractivity contribution in [1.29, 1.82) is 0 Å². The van der Waals surface area contributed by atoms with Crippen LogP contribution in [0.15, 0.2) is 15.8 Å². The summed E-state index contributed by atoms with van der Waals surface area (Å²) in [4.78, 5) is 26.0. The molecule has 3 N–H and O–H groups in total. The van der Waals surface area contributed by atoms with Gasteiger partial charge in [0.1, 0.15) is 12.3 Å². The van der Waals surface area contributed by atoms with Crippen LogP contribution in [-0.4, -0.2) is 38.6 Å². The predicted octanol–water partition coefficient (Wildman–Crippen LogP) is -0.525. The first-order chi connectivity index (χ1) is 9.24. The lowest BCUT2D eigenvalue weighted by Gasteiger charge is -2.21. The zero-order valence-electron chi connectivity index (χ0n) is 11.8. The van der Waals surface area contributed by atoms with Crippen molar-refractivity contribution >= 4 is 0 Å². The van der Waals surface area contributed by atoms with E-state index in [0.717, 1.165) is 0 Å². The lowest BCUT2D eigenvalue weighted by Crippen LogP contribution is -2.37. The van der Waals surface area contributed by atoms with E-state index in [9.17, 15) is 14.7 Å². The Labute approximate surface area is 115 Å². The molecule has 1 saturated heterocycles. The van der Waals surface area contributed by atoms with E-state index in [0.29, 0.717) is 5.56 Å². The topological polar surface area (TPSA) is 105 Å². The highest BCUT2D eigenvalue weighted by Crippen LogP contribution is 2.28. The van der Waals surface area contributed by atoms with Crippen LogP contribution in [0.3, 0.4) is 0 Å². The minimum Gasteiger partial charge on any atom is -0.394 e. The maximum absolute atomic E-state index is 11.9. The molecule has 1 aromatic rings. The quantitative estimate of drug-likeness (QED) is 0.677. The number of ether oxygens (including phenoxy) is 1. The summed E-state index contributed by atoms with van der Waals surface area (Å²) in [5, 5.41) is 18.8. The first-order valence-electron chi connectivity index (χ1n) is 6.54. The number of aliphatic hydroxyl groups is 2. The van der Waals surface area contributed by atoms with Gasteiger partial charge in [0, 0.05) is 18.2 Å². The van der Waals surface area contributed by atoms with Crippen molar-refractivity contribution in [2.24, 2.45) is 0 Å². The molecule has 1 aliphatic heterocycles. The molecule has 0 aromatic carbocycles. The van der Waals surface area contributed by atoms with E-state index < -0.39 is 35.1 Å². The molecule has 0 amide bonds. The Morgan fingerprint density at radius 1 is 1.45 bits per heavy atom. The van der Waals surface area contributed by atoms with Gasteiger partial charge in [0.05, 0.1) is 12.7 Å². The number of hydrogen-bond acceptors (Lipinski definition) is 5. The molecule has 0 saturated carbocycles. The summed E-state index contributed by atoms with van der Waals surface area (Å²) in [6, 6.07) is 0. The summed E-state index contributed by atoms with van der Waals surface area (Å²) in [6.07, 6.45) is -0.564.